The van der Waals surface area contributed by atoms with Gasteiger partial charge in [0, 0.05) is 11.5 Å². The van der Waals surface area contributed by atoms with Gasteiger partial charge in [-0.05, 0) is 35.5 Å². The largest absolute Gasteiger partial charge is 0.477 e. The average Bonchev–Trinajstić information content (AvgIpc) is 3.41. The molecule has 9 nitrogen and oxygen atoms in total. The summed E-state index contributed by atoms with van der Waals surface area (Å²) in [5.74, 6) is -0.920. The zero-order chi connectivity index (χ0) is 22.1. The molecule has 1 saturated heterocycles. The van der Waals surface area contributed by atoms with E-state index in [9.17, 15) is 23.7 Å². The second-order valence-electron chi connectivity index (χ2n) is 6.53. The Hall–Kier alpha value is -1.74. The molecular weight excluding hydrogens is 501 g/mol. The predicted octanol–water partition coefficient (Wildman–Crippen LogP) is 1.55. The fraction of sp³-hybridized carbons (Fsp3) is 0.353. The number of carbonyl (C=O) groups excluding carboxylic acids is 2. The normalized spacial score (nSPS) is 21.5. The number of aryl methyl sites for hydroxylation is 1. The van der Waals surface area contributed by atoms with Crippen molar-refractivity contribution in [3.8, 4) is 0 Å². The van der Waals surface area contributed by atoms with E-state index in [0.717, 1.165) is 4.34 Å². The monoisotopic (exact) mass is 516 g/mol. The van der Waals surface area contributed by atoms with Crippen LogP contribution in [0.5, 0.6) is 0 Å². The molecule has 4 heterocycles. The second-order valence-corrected chi connectivity index (χ2v) is 12.2. The molecule has 2 aliphatic rings. The summed E-state index contributed by atoms with van der Waals surface area (Å²) in [5.41, 5.74) is 0.596. The molecule has 14 heteroatoms. The molecule has 2 aliphatic heterocycles. The van der Waals surface area contributed by atoms with E-state index in [4.69, 9.17) is 0 Å². The Kier molecular flexibility index (Phi) is 6.81. The summed E-state index contributed by atoms with van der Waals surface area (Å²) in [5, 5.41) is 13.6. The molecule has 2 aromatic heterocycles. The molecule has 2 amide bonds. The zero-order valence-electron chi connectivity index (χ0n) is 16.0. The van der Waals surface area contributed by atoms with E-state index in [0.29, 0.717) is 27.1 Å². The quantitative estimate of drug-likeness (QED) is 0.396. The summed E-state index contributed by atoms with van der Waals surface area (Å²) >= 11 is 5.33. The summed E-state index contributed by atoms with van der Waals surface area (Å²) in [6.45, 7) is 1.78. The number of nitrogens with one attached hydrogen (secondary N) is 1. The van der Waals surface area contributed by atoms with E-state index in [1.165, 1.54) is 51.3 Å². The van der Waals surface area contributed by atoms with Gasteiger partial charge in [0.25, 0.3) is 5.91 Å². The van der Waals surface area contributed by atoms with E-state index in [1.807, 2.05) is 0 Å². The van der Waals surface area contributed by atoms with Crippen LogP contribution in [0.4, 0.5) is 0 Å². The Morgan fingerprint density at radius 3 is 2.90 bits per heavy atom. The minimum absolute atomic E-state index is 0.0323. The van der Waals surface area contributed by atoms with Gasteiger partial charge in [0.15, 0.2) is 4.34 Å². The van der Waals surface area contributed by atoms with E-state index in [-0.39, 0.29) is 11.4 Å². The second kappa shape index (κ2) is 9.40. The third kappa shape index (κ3) is 4.72. The van der Waals surface area contributed by atoms with Gasteiger partial charge in [0.05, 0.1) is 15.0 Å². The number of carboxylic acids is 1. The maximum Gasteiger partial charge on any atom is 0.352 e. The molecular formula is C17H16N4O5S5. The Morgan fingerprint density at radius 1 is 1.45 bits per heavy atom. The van der Waals surface area contributed by atoms with Crippen molar-refractivity contribution < 1.29 is 23.7 Å². The topological polar surface area (TPSA) is 130 Å². The van der Waals surface area contributed by atoms with Gasteiger partial charge in [-0.3, -0.25) is 18.7 Å². The van der Waals surface area contributed by atoms with Gasteiger partial charge in [0.1, 0.15) is 28.7 Å². The molecule has 164 valence electrons. The maximum atomic E-state index is 12.7. The number of amides is 2. The molecule has 3 atom stereocenters. The molecule has 31 heavy (non-hydrogen) atoms. The Morgan fingerprint density at radius 2 is 2.26 bits per heavy atom. The highest BCUT2D eigenvalue weighted by Crippen LogP contribution is 2.41. The lowest BCUT2D eigenvalue weighted by Crippen LogP contribution is -2.70. The third-order valence-corrected chi connectivity index (χ3v) is 10.4. The van der Waals surface area contributed by atoms with Gasteiger partial charge >= 0.3 is 5.97 Å². The highest BCUT2D eigenvalue weighted by atomic mass is 32.2. The number of carbonyl (C=O) groups is 3. The number of carboxylic acid groups (broad SMARTS) is 1. The number of β-lactam (4-membered cyclic amide) rings is 1. The van der Waals surface area contributed by atoms with Gasteiger partial charge < -0.3 is 10.4 Å². The van der Waals surface area contributed by atoms with Crippen LogP contribution in [0.1, 0.15) is 5.82 Å². The molecule has 3 unspecified atom stereocenters. The summed E-state index contributed by atoms with van der Waals surface area (Å²) < 4.78 is 17.6. The Labute approximate surface area is 196 Å². The molecule has 0 saturated carbocycles. The lowest BCUT2D eigenvalue weighted by atomic mass is 10.0. The number of aromatic nitrogens is 2. The SMILES string of the molecule is Cc1nsc(SCC2=C(C(=O)O)N3C(=O)C(NC(=O)CS(=O)c4cccs4)C3SC2)n1. The standard InChI is InChI=1S/C17H16N4O5S5/c1-8-18-17(30-20-8)29-6-9-5-28-15-12(14(23)21(15)13(9)16(24)25)19-10(22)7-31(26)11-3-2-4-27-11/h2-4,12,15H,5-7H2,1H3,(H,19,22)(H,24,25). The molecule has 2 aromatic rings. The number of hydrogen-bond acceptors (Lipinski definition) is 10. The van der Waals surface area contributed by atoms with Crippen molar-refractivity contribution >= 4 is 75.0 Å². The summed E-state index contributed by atoms with van der Waals surface area (Å²) in [4.78, 5) is 42.4. The van der Waals surface area contributed by atoms with Crippen molar-refractivity contribution in [2.75, 3.05) is 17.3 Å². The van der Waals surface area contributed by atoms with Crippen molar-refractivity contribution in [3.05, 3.63) is 34.6 Å². The lowest BCUT2D eigenvalue weighted by Gasteiger charge is -2.49. The fourth-order valence-corrected chi connectivity index (χ4v) is 8.13. The van der Waals surface area contributed by atoms with Gasteiger partial charge in [-0.1, -0.05) is 17.8 Å². The van der Waals surface area contributed by atoms with Crippen molar-refractivity contribution in [2.24, 2.45) is 0 Å². The number of rotatable bonds is 8. The van der Waals surface area contributed by atoms with Gasteiger partial charge in [-0.25, -0.2) is 9.78 Å². The van der Waals surface area contributed by atoms with Gasteiger partial charge in [-0.2, -0.15) is 4.37 Å². The predicted molar refractivity (Wildman–Crippen MR) is 121 cm³/mol. The van der Waals surface area contributed by atoms with Crippen molar-refractivity contribution in [2.45, 2.75) is 26.9 Å². The minimum atomic E-state index is -1.48. The van der Waals surface area contributed by atoms with E-state index in [2.05, 4.69) is 14.7 Å². The van der Waals surface area contributed by atoms with Crippen LogP contribution in [0.25, 0.3) is 0 Å². The van der Waals surface area contributed by atoms with Crippen LogP contribution in [0, 0.1) is 6.92 Å². The molecule has 0 radical (unpaired) electrons. The molecule has 0 bridgehead atoms. The number of thiophene rings is 1. The summed E-state index contributed by atoms with van der Waals surface area (Å²) in [7, 11) is -1.48. The zero-order valence-corrected chi connectivity index (χ0v) is 20.1. The number of hydrogen-bond donors (Lipinski definition) is 2. The van der Waals surface area contributed by atoms with E-state index >= 15 is 0 Å². The maximum absolute atomic E-state index is 12.7. The first-order valence-corrected chi connectivity index (χ1v) is 13.9. The lowest BCUT2D eigenvalue weighted by molar-refractivity contribution is -0.150. The molecule has 0 spiro atoms. The van der Waals surface area contributed by atoms with Crippen LogP contribution < -0.4 is 5.32 Å². The van der Waals surface area contributed by atoms with Crippen LogP contribution >= 0.6 is 46.4 Å². The highest BCUT2D eigenvalue weighted by molar-refractivity contribution is 8.01. The van der Waals surface area contributed by atoms with Crippen molar-refractivity contribution in [1.82, 2.24) is 19.6 Å². The number of fused-ring (bicyclic) bond motifs is 1. The number of aliphatic carboxylic acids is 1. The third-order valence-electron chi connectivity index (χ3n) is 4.43. The number of thioether (sulfide) groups is 2. The van der Waals surface area contributed by atoms with Crippen molar-refractivity contribution in [3.63, 3.8) is 0 Å². The van der Waals surface area contributed by atoms with Crippen LogP contribution in [-0.2, 0) is 25.2 Å². The average molecular weight is 517 g/mol. The van der Waals surface area contributed by atoms with Crippen LogP contribution in [-0.4, -0.2) is 70.0 Å². The Bertz CT molecular complexity index is 1080. The van der Waals surface area contributed by atoms with Gasteiger partial charge in [-0.15, -0.1) is 23.1 Å². The molecule has 4 rings (SSSR count). The van der Waals surface area contributed by atoms with Gasteiger partial charge in [0.2, 0.25) is 5.91 Å². The van der Waals surface area contributed by atoms with Crippen LogP contribution in [0.15, 0.2) is 37.3 Å². The van der Waals surface area contributed by atoms with E-state index < -0.39 is 40.0 Å². The fourth-order valence-electron chi connectivity index (χ4n) is 3.08. The van der Waals surface area contributed by atoms with Crippen molar-refractivity contribution in [1.29, 1.82) is 0 Å². The highest BCUT2D eigenvalue weighted by Gasteiger charge is 2.54. The summed E-state index contributed by atoms with van der Waals surface area (Å²) in [6, 6.07) is 2.62. The first kappa shape index (κ1) is 22.5. The molecule has 1 fully saturated rings. The molecule has 0 aliphatic carbocycles. The number of nitrogens with zero attached hydrogens (tertiary/aromatic N) is 3. The Balaban J connectivity index is 1.41. The van der Waals surface area contributed by atoms with Crippen LogP contribution in [0.3, 0.4) is 0 Å². The molecule has 2 N–H and O–H groups in total. The first-order valence-electron chi connectivity index (χ1n) is 8.89. The summed E-state index contributed by atoms with van der Waals surface area (Å²) in [6.07, 6.45) is 0. The minimum Gasteiger partial charge on any atom is -0.477 e. The van der Waals surface area contributed by atoms with Crippen LogP contribution in [0.2, 0.25) is 0 Å². The smallest absolute Gasteiger partial charge is 0.352 e. The first-order chi connectivity index (χ1) is 14.8. The van der Waals surface area contributed by atoms with E-state index in [1.54, 1.807) is 24.4 Å². The molecule has 0 aromatic carbocycles.